The first kappa shape index (κ1) is 31.8. The van der Waals surface area contributed by atoms with Gasteiger partial charge in [0.15, 0.2) is 0 Å². The lowest BCUT2D eigenvalue weighted by Crippen LogP contribution is -2.03. The topological polar surface area (TPSA) is 146 Å². The Bertz CT molecular complexity index is 1340. The molecular weight excluding hydrogens is 560 g/mol. The summed E-state index contributed by atoms with van der Waals surface area (Å²) >= 11 is 0. The number of aromatic nitrogens is 6. The van der Waals surface area contributed by atoms with E-state index in [2.05, 4.69) is 32.8 Å². The summed E-state index contributed by atoms with van der Waals surface area (Å²) < 4.78 is 26.9. The molecule has 0 N–H and O–H groups in total. The molecule has 0 bridgehead atoms. The molecule has 0 unspecified atom stereocenters. The Balaban J connectivity index is 1.04. The van der Waals surface area contributed by atoms with E-state index >= 15 is 0 Å². The van der Waals surface area contributed by atoms with Crippen molar-refractivity contribution in [2.75, 3.05) is 13.2 Å². The van der Waals surface area contributed by atoms with Gasteiger partial charge in [-0.3, -0.25) is 9.36 Å². The maximum atomic E-state index is 8.61. The van der Waals surface area contributed by atoms with Crippen LogP contribution in [0.25, 0.3) is 0 Å². The van der Waals surface area contributed by atoms with Crippen LogP contribution in [0.15, 0.2) is 60.9 Å². The summed E-state index contributed by atoms with van der Waals surface area (Å²) in [6, 6.07) is 19.4. The highest BCUT2D eigenvalue weighted by Crippen LogP contribution is 2.20. The number of nitriles is 2. The van der Waals surface area contributed by atoms with Crippen LogP contribution < -0.4 is 18.9 Å². The second-order valence-corrected chi connectivity index (χ2v) is 10.1. The SMILES string of the molecule is N#CCCCCn1cc(COc2ccc(OCCCCOc3ccc(OCc4cn(CCCCC#N)nn4)cc3)cc2)nn1. The van der Waals surface area contributed by atoms with Gasteiger partial charge in [-0.2, -0.15) is 10.5 Å². The highest BCUT2D eigenvalue weighted by Gasteiger charge is 2.05. The first-order valence-electron chi connectivity index (χ1n) is 14.9. The van der Waals surface area contributed by atoms with Crippen molar-refractivity contribution in [3.05, 3.63) is 72.3 Å². The number of aryl methyl sites for hydroxylation is 2. The summed E-state index contributed by atoms with van der Waals surface area (Å²) in [6.45, 7) is 3.36. The highest BCUT2D eigenvalue weighted by atomic mass is 16.5. The third kappa shape index (κ3) is 11.6. The fourth-order valence-corrected chi connectivity index (χ4v) is 4.15. The van der Waals surface area contributed by atoms with Gasteiger partial charge in [0.1, 0.15) is 47.6 Å². The lowest BCUT2D eigenvalue weighted by atomic mass is 10.2. The van der Waals surface area contributed by atoms with Gasteiger partial charge in [0.05, 0.1) is 37.7 Å². The summed E-state index contributed by atoms with van der Waals surface area (Å²) in [5.41, 5.74) is 1.52. The van der Waals surface area contributed by atoms with E-state index in [-0.39, 0.29) is 0 Å². The molecule has 44 heavy (non-hydrogen) atoms. The van der Waals surface area contributed by atoms with E-state index in [1.807, 2.05) is 60.9 Å². The Hall–Kier alpha value is -5.10. The van der Waals surface area contributed by atoms with Gasteiger partial charge in [0, 0.05) is 25.9 Å². The molecule has 12 nitrogen and oxygen atoms in total. The summed E-state index contributed by atoms with van der Waals surface area (Å²) in [5, 5.41) is 33.7. The zero-order valence-electron chi connectivity index (χ0n) is 24.9. The van der Waals surface area contributed by atoms with Crippen LogP contribution in [0.5, 0.6) is 23.0 Å². The van der Waals surface area contributed by atoms with Crippen LogP contribution in [0.2, 0.25) is 0 Å². The van der Waals surface area contributed by atoms with Crippen LogP contribution in [0, 0.1) is 22.7 Å². The first-order valence-corrected chi connectivity index (χ1v) is 14.9. The standard InChI is InChI=1S/C32H38N8O4/c33-17-3-1-5-19-39-23-27(35-37-39)25-43-31-13-9-29(10-14-31)41-21-7-8-22-42-30-11-15-32(16-12-30)44-26-28-24-40(38-36-28)20-6-2-4-18-34/h9-16,23-24H,1-8,19-22,25-26H2. The largest absolute Gasteiger partial charge is 0.494 e. The van der Waals surface area contributed by atoms with Crippen molar-refractivity contribution in [3.8, 4) is 35.1 Å². The summed E-state index contributed by atoms with van der Waals surface area (Å²) in [7, 11) is 0. The second-order valence-electron chi connectivity index (χ2n) is 10.1. The van der Waals surface area contributed by atoms with Gasteiger partial charge in [-0.25, -0.2) is 0 Å². The summed E-state index contributed by atoms with van der Waals surface area (Å²) in [4.78, 5) is 0. The molecule has 2 heterocycles. The maximum absolute atomic E-state index is 8.61. The zero-order valence-corrected chi connectivity index (χ0v) is 24.9. The number of unbranched alkanes of at least 4 members (excludes halogenated alkanes) is 5. The van der Waals surface area contributed by atoms with E-state index in [4.69, 9.17) is 29.5 Å². The second kappa shape index (κ2) is 18.4. The van der Waals surface area contributed by atoms with Crippen molar-refractivity contribution in [2.45, 2.75) is 77.7 Å². The van der Waals surface area contributed by atoms with Crippen LogP contribution in [-0.4, -0.2) is 43.2 Å². The van der Waals surface area contributed by atoms with Crippen LogP contribution in [0.1, 0.15) is 62.8 Å². The normalized spacial score (nSPS) is 10.6. The fourth-order valence-electron chi connectivity index (χ4n) is 4.15. The van der Waals surface area contributed by atoms with Gasteiger partial charge >= 0.3 is 0 Å². The molecule has 12 heteroatoms. The number of rotatable bonds is 21. The molecule has 0 aliphatic carbocycles. The van der Waals surface area contributed by atoms with Crippen LogP contribution in [0.3, 0.4) is 0 Å². The molecule has 0 aliphatic rings. The molecule has 0 spiro atoms. The summed E-state index contributed by atoms with van der Waals surface area (Å²) in [5.74, 6) is 3.04. The van der Waals surface area contributed by atoms with E-state index in [9.17, 15) is 0 Å². The Kier molecular flexibility index (Phi) is 13.3. The van der Waals surface area contributed by atoms with Gasteiger partial charge < -0.3 is 18.9 Å². The Morgan fingerprint density at radius 2 is 0.909 bits per heavy atom. The lowest BCUT2D eigenvalue weighted by Gasteiger charge is -2.09. The molecule has 0 aliphatic heterocycles. The van der Waals surface area contributed by atoms with Crippen LogP contribution in [0.4, 0.5) is 0 Å². The Labute approximate surface area is 257 Å². The molecular formula is C32H38N8O4. The minimum atomic E-state index is 0.338. The molecule has 0 amide bonds. The minimum absolute atomic E-state index is 0.338. The third-order valence-electron chi connectivity index (χ3n) is 6.52. The van der Waals surface area contributed by atoms with E-state index in [1.54, 1.807) is 9.36 Å². The molecule has 4 aromatic rings. The zero-order chi connectivity index (χ0) is 30.7. The lowest BCUT2D eigenvalue weighted by molar-refractivity contribution is 0.265. The van der Waals surface area contributed by atoms with Gasteiger partial charge in [-0.05, 0) is 87.1 Å². The predicted octanol–water partition coefficient (Wildman–Crippen LogP) is 5.65. The van der Waals surface area contributed by atoms with Crippen LogP contribution in [-0.2, 0) is 26.3 Å². The van der Waals surface area contributed by atoms with E-state index in [1.165, 1.54) is 0 Å². The molecule has 2 aromatic heterocycles. The number of ether oxygens (including phenoxy) is 4. The van der Waals surface area contributed by atoms with E-state index in [0.717, 1.165) is 86.0 Å². The van der Waals surface area contributed by atoms with Gasteiger partial charge in [0.2, 0.25) is 0 Å². The molecule has 0 radical (unpaired) electrons. The third-order valence-corrected chi connectivity index (χ3v) is 6.52. The summed E-state index contributed by atoms with van der Waals surface area (Å²) in [6.07, 6.45) is 10.1. The van der Waals surface area contributed by atoms with Crippen LogP contribution >= 0.6 is 0 Å². The minimum Gasteiger partial charge on any atom is -0.494 e. The van der Waals surface area contributed by atoms with Crippen molar-refractivity contribution >= 4 is 0 Å². The number of nitrogens with zero attached hydrogens (tertiary/aromatic N) is 8. The molecule has 230 valence electrons. The van der Waals surface area contributed by atoms with Crippen molar-refractivity contribution in [2.24, 2.45) is 0 Å². The molecule has 0 saturated carbocycles. The van der Waals surface area contributed by atoms with E-state index in [0.29, 0.717) is 39.3 Å². The fraction of sp³-hybridized carbons (Fsp3) is 0.438. The maximum Gasteiger partial charge on any atom is 0.134 e. The van der Waals surface area contributed by atoms with Crippen molar-refractivity contribution in [1.29, 1.82) is 10.5 Å². The molecule has 0 fully saturated rings. The monoisotopic (exact) mass is 598 g/mol. The number of hydrogen-bond donors (Lipinski definition) is 0. The first-order chi connectivity index (χ1) is 21.7. The highest BCUT2D eigenvalue weighted by molar-refractivity contribution is 5.32. The molecule has 0 saturated heterocycles. The molecule has 4 rings (SSSR count). The predicted molar refractivity (Wildman–Crippen MR) is 161 cm³/mol. The average molecular weight is 599 g/mol. The van der Waals surface area contributed by atoms with Gasteiger partial charge in [-0.15, -0.1) is 10.2 Å². The van der Waals surface area contributed by atoms with Crippen molar-refractivity contribution in [1.82, 2.24) is 30.0 Å². The van der Waals surface area contributed by atoms with Gasteiger partial charge in [0.25, 0.3) is 0 Å². The smallest absolute Gasteiger partial charge is 0.134 e. The number of benzene rings is 2. The number of hydrogen-bond acceptors (Lipinski definition) is 10. The average Bonchev–Trinajstić information content (AvgIpc) is 3.71. The molecule has 0 atom stereocenters. The van der Waals surface area contributed by atoms with E-state index < -0.39 is 0 Å². The quantitative estimate of drug-likeness (QED) is 0.110. The Morgan fingerprint density at radius 3 is 1.30 bits per heavy atom. The van der Waals surface area contributed by atoms with Crippen molar-refractivity contribution in [3.63, 3.8) is 0 Å². The van der Waals surface area contributed by atoms with Gasteiger partial charge in [-0.1, -0.05) is 10.4 Å². The van der Waals surface area contributed by atoms with Crippen molar-refractivity contribution < 1.29 is 18.9 Å². The molecule has 2 aromatic carbocycles. The Morgan fingerprint density at radius 1 is 0.523 bits per heavy atom.